The van der Waals surface area contributed by atoms with Gasteiger partial charge in [0.15, 0.2) is 0 Å². The van der Waals surface area contributed by atoms with Crippen LogP contribution in [0.15, 0.2) is 58.7 Å². The number of amides is 2. The molecule has 0 bridgehead atoms. The van der Waals surface area contributed by atoms with E-state index in [9.17, 15) is 9.59 Å². The fourth-order valence-electron chi connectivity index (χ4n) is 2.33. The van der Waals surface area contributed by atoms with Crippen molar-refractivity contribution in [2.45, 2.75) is 26.7 Å². The molecule has 0 atom stereocenters. The molecule has 2 aromatic rings. The SMILES string of the molecule is CCOc1ccc(/C=N\NC(=O)CCC(=O)N/N=C/c2ccc(OCC)cc2)cc1. The first kappa shape index (κ1) is 22.6. The molecule has 0 aromatic heterocycles. The zero-order valence-electron chi connectivity index (χ0n) is 17.1. The smallest absolute Gasteiger partial charge is 0.240 e. The van der Waals surface area contributed by atoms with Gasteiger partial charge in [0.05, 0.1) is 25.6 Å². The van der Waals surface area contributed by atoms with Gasteiger partial charge in [-0.15, -0.1) is 0 Å². The summed E-state index contributed by atoms with van der Waals surface area (Å²) in [5.74, 6) is 0.829. The minimum absolute atomic E-state index is 0.00498. The van der Waals surface area contributed by atoms with Gasteiger partial charge in [-0.25, -0.2) is 10.9 Å². The minimum atomic E-state index is -0.358. The van der Waals surface area contributed by atoms with E-state index in [-0.39, 0.29) is 24.7 Å². The maximum absolute atomic E-state index is 11.8. The van der Waals surface area contributed by atoms with Gasteiger partial charge in [-0.2, -0.15) is 10.2 Å². The molecule has 158 valence electrons. The Morgan fingerprint density at radius 1 is 0.733 bits per heavy atom. The summed E-state index contributed by atoms with van der Waals surface area (Å²) in [6.07, 6.45) is 3.06. The number of carbonyl (C=O) groups is 2. The highest BCUT2D eigenvalue weighted by atomic mass is 16.5. The summed E-state index contributed by atoms with van der Waals surface area (Å²) in [6, 6.07) is 14.6. The van der Waals surface area contributed by atoms with Crippen molar-refractivity contribution in [3.63, 3.8) is 0 Å². The van der Waals surface area contributed by atoms with E-state index in [4.69, 9.17) is 9.47 Å². The van der Waals surface area contributed by atoms with Crippen LogP contribution in [0, 0.1) is 0 Å². The molecule has 0 saturated carbocycles. The third kappa shape index (κ3) is 8.55. The molecular formula is C22H26N4O4. The molecule has 0 aliphatic rings. The normalized spacial score (nSPS) is 10.9. The highest BCUT2D eigenvalue weighted by molar-refractivity contribution is 5.86. The Morgan fingerprint density at radius 3 is 1.43 bits per heavy atom. The maximum Gasteiger partial charge on any atom is 0.240 e. The second-order valence-corrected chi connectivity index (χ2v) is 6.09. The number of rotatable bonds is 11. The first-order valence-electron chi connectivity index (χ1n) is 9.70. The average Bonchev–Trinajstić information content (AvgIpc) is 2.75. The lowest BCUT2D eigenvalue weighted by Gasteiger charge is -2.03. The van der Waals surface area contributed by atoms with Gasteiger partial charge in [-0.05, 0) is 73.5 Å². The van der Waals surface area contributed by atoms with Crippen LogP contribution in [-0.4, -0.2) is 37.5 Å². The number of hydrazone groups is 2. The van der Waals surface area contributed by atoms with Crippen LogP contribution in [0.4, 0.5) is 0 Å². The van der Waals surface area contributed by atoms with Gasteiger partial charge in [0.2, 0.25) is 11.8 Å². The van der Waals surface area contributed by atoms with E-state index in [1.165, 1.54) is 12.4 Å². The molecule has 0 aliphatic heterocycles. The van der Waals surface area contributed by atoms with Gasteiger partial charge < -0.3 is 9.47 Å². The number of hydrogen-bond donors (Lipinski definition) is 2. The van der Waals surface area contributed by atoms with E-state index < -0.39 is 0 Å². The number of carbonyl (C=O) groups excluding carboxylic acids is 2. The second kappa shape index (κ2) is 12.7. The molecule has 0 spiro atoms. The summed E-state index contributed by atoms with van der Waals surface area (Å²) in [7, 11) is 0. The van der Waals surface area contributed by atoms with Gasteiger partial charge in [-0.1, -0.05) is 0 Å². The maximum atomic E-state index is 11.8. The van der Waals surface area contributed by atoms with Crippen molar-refractivity contribution in [3.05, 3.63) is 59.7 Å². The number of nitrogens with zero attached hydrogens (tertiary/aromatic N) is 2. The Labute approximate surface area is 176 Å². The van der Waals surface area contributed by atoms with Crippen molar-refractivity contribution in [2.24, 2.45) is 10.2 Å². The van der Waals surface area contributed by atoms with Crippen molar-refractivity contribution < 1.29 is 19.1 Å². The quantitative estimate of drug-likeness (QED) is 0.439. The average molecular weight is 410 g/mol. The largest absolute Gasteiger partial charge is 0.494 e. The van der Waals surface area contributed by atoms with Gasteiger partial charge in [0, 0.05) is 12.8 Å². The van der Waals surface area contributed by atoms with Crippen LogP contribution in [0.1, 0.15) is 37.8 Å². The second-order valence-electron chi connectivity index (χ2n) is 6.09. The molecule has 0 saturated heterocycles. The van der Waals surface area contributed by atoms with Gasteiger partial charge in [-0.3, -0.25) is 9.59 Å². The molecule has 30 heavy (non-hydrogen) atoms. The van der Waals surface area contributed by atoms with Crippen LogP contribution in [0.2, 0.25) is 0 Å². The molecular weight excluding hydrogens is 384 g/mol. The molecule has 0 radical (unpaired) electrons. The van der Waals surface area contributed by atoms with Crippen molar-refractivity contribution in [1.29, 1.82) is 0 Å². The Balaban J connectivity index is 1.66. The van der Waals surface area contributed by atoms with E-state index >= 15 is 0 Å². The van der Waals surface area contributed by atoms with E-state index in [2.05, 4.69) is 21.1 Å². The molecule has 0 aliphatic carbocycles. The summed E-state index contributed by atoms with van der Waals surface area (Å²) < 4.78 is 10.7. The molecule has 0 heterocycles. The molecule has 8 heteroatoms. The van der Waals surface area contributed by atoms with Crippen LogP contribution < -0.4 is 20.3 Å². The monoisotopic (exact) mass is 410 g/mol. The van der Waals surface area contributed by atoms with Gasteiger partial charge in [0.25, 0.3) is 0 Å². The topological polar surface area (TPSA) is 101 Å². The van der Waals surface area contributed by atoms with Crippen LogP contribution in [0.25, 0.3) is 0 Å². The Hall–Kier alpha value is -3.68. The highest BCUT2D eigenvalue weighted by Crippen LogP contribution is 2.11. The summed E-state index contributed by atoms with van der Waals surface area (Å²) in [5, 5.41) is 7.76. The van der Waals surface area contributed by atoms with E-state index in [0.29, 0.717) is 13.2 Å². The summed E-state index contributed by atoms with van der Waals surface area (Å²) >= 11 is 0. The van der Waals surface area contributed by atoms with E-state index in [0.717, 1.165) is 22.6 Å². The number of hydrogen-bond acceptors (Lipinski definition) is 6. The first-order valence-corrected chi connectivity index (χ1v) is 9.70. The number of nitrogens with one attached hydrogen (secondary N) is 2. The summed E-state index contributed by atoms with van der Waals surface area (Å²) in [6.45, 7) is 5.03. The first-order chi connectivity index (χ1) is 14.6. The fourth-order valence-corrected chi connectivity index (χ4v) is 2.33. The third-order valence-corrected chi connectivity index (χ3v) is 3.77. The summed E-state index contributed by atoms with van der Waals surface area (Å²) in [5.41, 5.74) is 6.42. The van der Waals surface area contributed by atoms with Crippen molar-refractivity contribution in [1.82, 2.24) is 10.9 Å². The zero-order chi connectivity index (χ0) is 21.6. The lowest BCUT2D eigenvalue weighted by molar-refractivity contribution is -0.126. The van der Waals surface area contributed by atoms with Crippen molar-refractivity contribution in [3.8, 4) is 11.5 Å². The van der Waals surface area contributed by atoms with E-state index in [1.54, 1.807) is 0 Å². The van der Waals surface area contributed by atoms with Crippen molar-refractivity contribution in [2.75, 3.05) is 13.2 Å². The number of ether oxygens (including phenoxy) is 2. The Kier molecular flexibility index (Phi) is 9.58. The molecule has 2 N–H and O–H groups in total. The fraction of sp³-hybridized carbons (Fsp3) is 0.273. The molecule has 0 fully saturated rings. The molecule has 2 amide bonds. The van der Waals surface area contributed by atoms with Gasteiger partial charge in [0.1, 0.15) is 11.5 Å². The highest BCUT2D eigenvalue weighted by Gasteiger charge is 2.05. The predicted molar refractivity (Wildman–Crippen MR) is 116 cm³/mol. The lowest BCUT2D eigenvalue weighted by atomic mass is 10.2. The summed E-state index contributed by atoms with van der Waals surface area (Å²) in [4.78, 5) is 23.6. The van der Waals surface area contributed by atoms with Crippen LogP contribution in [0.3, 0.4) is 0 Å². The molecule has 8 nitrogen and oxygen atoms in total. The molecule has 2 aromatic carbocycles. The third-order valence-electron chi connectivity index (χ3n) is 3.77. The number of benzene rings is 2. The van der Waals surface area contributed by atoms with Crippen LogP contribution in [0.5, 0.6) is 11.5 Å². The van der Waals surface area contributed by atoms with Gasteiger partial charge >= 0.3 is 0 Å². The van der Waals surface area contributed by atoms with Crippen LogP contribution >= 0.6 is 0 Å². The van der Waals surface area contributed by atoms with Crippen molar-refractivity contribution >= 4 is 24.2 Å². The predicted octanol–water partition coefficient (Wildman–Crippen LogP) is 2.86. The van der Waals surface area contributed by atoms with Crippen LogP contribution in [-0.2, 0) is 9.59 Å². The standard InChI is InChI=1S/C22H26N4O4/c1-3-29-19-9-5-17(6-10-19)15-23-25-21(27)13-14-22(28)26-24-16-18-7-11-20(12-8-18)30-4-2/h5-12,15-16H,3-4,13-14H2,1-2H3,(H,25,27)(H,26,28)/b23-15-,24-16+. The lowest BCUT2D eigenvalue weighted by Crippen LogP contribution is -2.22. The molecule has 0 unspecified atom stereocenters. The Bertz CT molecular complexity index is 788. The zero-order valence-corrected chi connectivity index (χ0v) is 17.1. The molecule has 2 rings (SSSR count). The van der Waals surface area contributed by atoms with E-state index in [1.807, 2.05) is 62.4 Å². The Morgan fingerprint density at radius 2 is 1.10 bits per heavy atom. The minimum Gasteiger partial charge on any atom is -0.494 e.